The molecule has 114 valence electrons. The molecule has 2 heterocycles. The van der Waals surface area contributed by atoms with Crippen molar-refractivity contribution in [3.05, 3.63) is 24.2 Å². The third-order valence-corrected chi connectivity index (χ3v) is 3.24. The van der Waals surface area contributed by atoms with Gasteiger partial charge in [0.05, 0.1) is 11.6 Å². The Bertz CT molecular complexity index is 643. The zero-order valence-electron chi connectivity index (χ0n) is 12.9. The number of anilines is 1. The first-order chi connectivity index (χ1) is 9.76. The Morgan fingerprint density at radius 2 is 2.19 bits per heavy atom. The van der Waals surface area contributed by atoms with Crippen LogP contribution in [-0.2, 0) is 4.79 Å². The highest BCUT2D eigenvalue weighted by atomic mass is 16.4. The second kappa shape index (κ2) is 5.71. The first-order valence-electron chi connectivity index (χ1n) is 7.04. The average molecular weight is 290 g/mol. The Morgan fingerprint density at radius 3 is 2.81 bits per heavy atom. The molecule has 21 heavy (non-hydrogen) atoms. The molecule has 0 aromatic carbocycles. The number of carboxylic acid groups (broad SMARTS) is 1. The summed E-state index contributed by atoms with van der Waals surface area (Å²) in [5, 5.41) is 16.8. The van der Waals surface area contributed by atoms with E-state index in [1.807, 2.05) is 33.8 Å². The van der Waals surface area contributed by atoms with Crippen LogP contribution in [0.1, 0.15) is 32.9 Å². The molecule has 0 radical (unpaired) electrons. The van der Waals surface area contributed by atoms with Crippen molar-refractivity contribution in [3.63, 3.8) is 0 Å². The van der Waals surface area contributed by atoms with Crippen molar-refractivity contribution in [1.82, 2.24) is 14.6 Å². The number of rotatable bonds is 5. The van der Waals surface area contributed by atoms with Gasteiger partial charge in [-0.1, -0.05) is 20.8 Å². The van der Waals surface area contributed by atoms with Crippen LogP contribution in [0.3, 0.4) is 0 Å². The normalized spacial score (nSPS) is 13.3. The molecule has 0 spiro atoms. The van der Waals surface area contributed by atoms with Crippen LogP contribution in [0.5, 0.6) is 0 Å². The zero-order valence-corrected chi connectivity index (χ0v) is 12.9. The van der Waals surface area contributed by atoms with E-state index in [1.165, 1.54) is 0 Å². The van der Waals surface area contributed by atoms with Crippen molar-refractivity contribution >= 4 is 17.3 Å². The molecule has 0 fully saturated rings. The van der Waals surface area contributed by atoms with E-state index in [0.717, 1.165) is 11.2 Å². The minimum Gasteiger partial charge on any atom is -0.481 e. The van der Waals surface area contributed by atoms with Crippen LogP contribution in [0, 0.1) is 18.3 Å². The van der Waals surface area contributed by atoms with Gasteiger partial charge in [-0.05, 0) is 24.8 Å². The van der Waals surface area contributed by atoms with Gasteiger partial charge in [0.15, 0.2) is 5.82 Å². The van der Waals surface area contributed by atoms with Gasteiger partial charge in [-0.25, -0.2) is 9.50 Å². The second-order valence-electron chi connectivity index (χ2n) is 6.57. The van der Waals surface area contributed by atoms with Gasteiger partial charge in [-0.2, -0.15) is 5.10 Å². The van der Waals surface area contributed by atoms with E-state index in [1.54, 1.807) is 16.9 Å². The summed E-state index contributed by atoms with van der Waals surface area (Å²) in [6.45, 7) is 8.40. The van der Waals surface area contributed by atoms with Crippen LogP contribution in [0.4, 0.5) is 5.82 Å². The molecular weight excluding hydrogens is 268 g/mol. The number of aliphatic carboxylic acids is 1. The fraction of sp³-hybridized carbons (Fsp3) is 0.533. The lowest BCUT2D eigenvalue weighted by molar-refractivity contribution is -0.142. The molecule has 2 aromatic heterocycles. The van der Waals surface area contributed by atoms with E-state index in [2.05, 4.69) is 15.4 Å². The highest BCUT2D eigenvalue weighted by molar-refractivity contribution is 5.72. The maximum absolute atomic E-state index is 11.4. The summed E-state index contributed by atoms with van der Waals surface area (Å²) in [4.78, 5) is 15.7. The van der Waals surface area contributed by atoms with Crippen LogP contribution < -0.4 is 5.32 Å². The molecule has 1 atom stereocenters. The molecule has 2 N–H and O–H groups in total. The summed E-state index contributed by atoms with van der Waals surface area (Å²) in [5.74, 6) is -0.566. The summed E-state index contributed by atoms with van der Waals surface area (Å²) in [6.07, 6.45) is 4.04. The summed E-state index contributed by atoms with van der Waals surface area (Å²) in [6, 6.07) is 1.93. The molecule has 0 saturated carbocycles. The molecule has 2 rings (SSSR count). The number of fused-ring (bicyclic) bond motifs is 1. The molecule has 6 heteroatoms. The fourth-order valence-corrected chi connectivity index (χ4v) is 2.39. The molecule has 0 amide bonds. The van der Waals surface area contributed by atoms with Crippen LogP contribution in [0.25, 0.3) is 5.52 Å². The highest BCUT2D eigenvalue weighted by Crippen LogP contribution is 2.25. The van der Waals surface area contributed by atoms with E-state index in [9.17, 15) is 9.90 Å². The predicted molar refractivity (Wildman–Crippen MR) is 81.4 cm³/mol. The zero-order chi connectivity index (χ0) is 15.6. The lowest BCUT2D eigenvalue weighted by atomic mass is 9.84. The smallest absolute Gasteiger partial charge is 0.308 e. The van der Waals surface area contributed by atoms with Crippen molar-refractivity contribution in [1.29, 1.82) is 0 Å². The van der Waals surface area contributed by atoms with Crippen molar-refractivity contribution in [3.8, 4) is 0 Å². The van der Waals surface area contributed by atoms with Crippen LogP contribution in [-0.4, -0.2) is 32.2 Å². The molecule has 6 nitrogen and oxygen atoms in total. The average Bonchev–Trinajstić information content (AvgIpc) is 2.73. The highest BCUT2D eigenvalue weighted by Gasteiger charge is 2.24. The molecule has 0 bridgehead atoms. The molecule has 1 unspecified atom stereocenters. The number of hydrogen-bond acceptors (Lipinski definition) is 4. The number of carboxylic acids is 1. The SMILES string of the molecule is Cc1cc2c(NCC(CC(C)(C)C)C(=O)O)nccn2n1. The number of nitrogens with zero attached hydrogens (tertiary/aromatic N) is 3. The standard InChI is InChI=1S/C15H22N4O2/c1-10-7-12-13(16-5-6-19(12)18-10)17-9-11(14(20)21)8-15(2,3)4/h5-7,11H,8-9H2,1-4H3,(H,16,17)(H,20,21). The maximum Gasteiger partial charge on any atom is 0.308 e. The first-order valence-corrected chi connectivity index (χ1v) is 7.04. The Labute approximate surface area is 124 Å². The summed E-state index contributed by atoms with van der Waals surface area (Å²) >= 11 is 0. The first kappa shape index (κ1) is 15.3. The third kappa shape index (κ3) is 3.93. The van der Waals surface area contributed by atoms with Crippen LogP contribution in [0.2, 0.25) is 0 Å². The Morgan fingerprint density at radius 1 is 1.48 bits per heavy atom. The van der Waals surface area contributed by atoms with Gasteiger partial charge in [-0.3, -0.25) is 4.79 Å². The number of nitrogens with one attached hydrogen (secondary N) is 1. The lowest BCUT2D eigenvalue weighted by Crippen LogP contribution is -2.27. The van der Waals surface area contributed by atoms with E-state index in [4.69, 9.17) is 0 Å². The maximum atomic E-state index is 11.4. The van der Waals surface area contributed by atoms with Crippen LogP contribution >= 0.6 is 0 Å². The predicted octanol–water partition coefficient (Wildman–Crippen LogP) is 2.59. The number of aromatic nitrogens is 3. The van der Waals surface area contributed by atoms with E-state index in [-0.39, 0.29) is 5.41 Å². The monoisotopic (exact) mass is 290 g/mol. The van der Waals surface area contributed by atoms with Gasteiger partial charge in [0.25, 0.3) is 0 Å². The molecule has 0 aliphatic heterocycles. The topological polar surface area (TPSA) is 79.5 Å². The van der Waals surface area contributed by atoms with Crippen molar-refractivity contribution in [2.24, 2.45) is 11.3 Å². The van der Waals surface area contributed by atoms with Crippen LogP contribution in [0.15, 0.2) is 18.5 Å². The van der Waals surface area contributed by atoms with Crippen molar-refractivity contribution in [2.45, 2.75) is 34.1 Å². The van der Waals surface area contributed by atoms with Gasteiger partial charge >= 0.3 is 5.97 Å². The molecule has 2 aromatic rings. The lowest BCUT2D eigenvalue weighted by Gasteiger charge is -2.23. The number of hydrogen-bond donors (Lipinski definition) is 2. The van der Waals surface area contributed by atoms with Crippen molar-refractivity contribution in [2.75, 3.05) is 11.9 Å². The number of aryl methyl sites for hydroxylation is 1. The quantitative estimate of drug-likeness (QED) is 0.884. The molecule has 0 aliphatic carbocycles. The summed E-state index contributed by atoms with van der Waals surface area (Å²) in [5.41, 5.74) is 1.72. The molecule has 0 saturated heterocycles. The number of carbonyl (C=O) groups is 1. The largest absolute Gasteiger partial charge is 0.481 e. The van der Waals surface area contributed by atoms with E-state index in [0.29, 0.717) is 18.8 Å². The van der Waals surface area contributed by atoms with Gasteiger partial charge in [-0.15, -0.1) is 0 Å². The Hall–Kier alpha value is -2.11. The summed E-state index contributed by atoms with van der Waals surface area (Å²) in [7, 11) is 0. The van der Waals surface area contributed by atoms with Gasteiger partial charge in [0, 0.05) is 18.9 Å². The minimum absolute atomic E-state index is 0.0304. The molecule has 0 aliphatic rings. The minimum atomic E-state index is -0.783. The molecular formula is C15H22N4O2. The van der Waals surface area contributed by atoms with Crippen molar-refractivity contribution < 1.29 is 9.90 Å². The Balaban J connectivity index is 2.14. The van der Waals surface area contributed by atoms with E-state index >= 15 is 0 Å². The fourth-order valence-electron chi connectivity index (χ4n) is 2.39. The summed E-state index contributed by atoms with van der Waals surface area (Å²) < 4.78 is 1.74. The second-order valence-corrected chi connectivity index (χ2v) is 6.57. The third-order valence-electron chi connectivity index (χ3n) is 3.24. The van der Waals surface area contributed by atoms with Gasteiger partial charge < -0.3 is 10.4 Å². The van der Waals surface area contributed by atoms with Gasteiger partial charge in [0.1, 0.15) is 5.52 Å². The van der Waals surface area contributed by atoms with E-state index < -0.39 is 11.9 Å². The van der Waals surface area contributed by atoms with Gasteiger partial charge in [0.2, 0.25) is 0 Å². The Kier molecular flexibility index (Phi) is 4.16.